The van der Waals surface area contributed by atoms with Gasteiger partial charge in [0.05, 0.1) is 0 Å². The molecule has 0 fully saturated rings. The van der Waals surface area contributed by atoms with Gasteiger partial charge in [-0.15, -0.1) is 12.6 Å². The van der Waals surface area contributed by atoms with E-state index in [1.165, 1.54) is 12.2 Å². The van der Waals surface area contributed by atoms with Crippen molar-refractivity contribution < 1.29 is 9.59 Å². The Kier molecular flexibility index (Phi) is 3.34. The summed E-state index contributed by atoms with van der Waals surface area (Å²) < 4.78 is 0. The van der Waals surface area contributed by atoms with Crippen LogP contribution in [0.3, 0.4) is 0 Å². The third-order valence-electron chi connectivity index (χ3n) is 2.79. The van der Waals surface area contributed by atoms with Gasteiger partial charge in [0.25, 0.3) is 0 Å². The summed E-state index contributed by atoms with van der Waals surface area (Å²) in [5, 5.41) is 0. The molecule has 1 aliphatic rings. The van der Waals surface area contributed by atoms with Crippen molar-refractivity contribution >= 4 is 30.3 Å². The van der Waals surface area contributed by atoms with Crippen LogP contribution in [-0.2, 0) is 0 Å². The molecule has 1 aromatic carbocycles. The van der Waals surface area contributed by atoms with Crippen LogP contribution in [0.15, 0.2) is 47.4 Å². The Bertz CT molecular complexity index is 622. The highest BCUT2D eigenvalue weighted by Gasteiger charge is 2.24. The van der Waals surface area contributed by atoms with Gasteiger partial charge >= 0.3 is 0 Å². The first-order valence-corrected chi connectivity index (χ1v) is 5.96. The van der Waals surface area contributed by atoms with Crippen LogP contribution in [0.4, 0.5) is 0 Å². The Hall–Kier alpha value is -1.87. The Balaban J connectivity index is 2.68. The average molecular weight is 256 g/mol. The van der Waals surface area contributed by atoms with Crippen LogP contribution in [0.5, 0.6) is 0 Å². The molecule has 0 aliphatic heterocycles. The predicted molar refractivity (Wildman–Crippen MR) is 75.3 cm³/mol. The van der Waals surface area contributed by atoms with Gasteiger partial charge in [-0.25, -0.2) is 0 Å². The quantitative estimate of drug-likeness (QED) is 0.822. The Morgan fingerprint density at radius 2 is 1.94 bits per heavy atom. The minimum Gasteiger partial charge on any atom is -0.289 e. The molecule has 0 amide bonds. The molecule has 0 radical (unpaired) electrons. The van der Waals surface area contributed by atoms with Crippen molar-refractivity contribution in [1.29, 1.82) is 0 Å². The van der Waals surface area contributed by atoms with E-state index < -0.39 is 0 Å². The summed E-state index contributed by atoms with van der Waals surface area (Å²) >= 11 is 4.33. The van der Waals surface area contributed by atoms with Gasteiger partial charge in [0, 0.05) is 21.6 Å². The lowest BCUT2D eigenvalue weighted by atomic mass is 9.88. The number of thiol groups is 1. The van der Waals surface area contributed by atoms with Gasteiger partial charge in [-0.1, -0.05) is 24.8 Å². The number of rotatable bonds is 2. The number of allylic oxidation sites excluding steroid dienone is 4. The van der Waals surface area contributed by atoms with Crippen LogP contribution in [0, 0.1) is 0 Å². The van der Waals surface area contributed by atoms with E-state index in [4.69, 9.17) is 0 Å². The van der Waals surface area contributed by atoms with Gasteiger partial charge in [0.1, 0.15) is 0 Å². The monoisotopic (exact) mass is 256 g/mol. The van der Waals surface area contributed by atoms with Gasteiger partial charge < -0.3 is 0 Å². The number of ketones is 2. The van der Waals surface area contributed by atoms with Crippen LogP contribution in [0.1, 0.15) is 33.2 Å². The molecule has 2 rings (SSSR count). The van der Waals surface area contributed by atoms with E-state index in [2.05, 4.69) is 19.2 Å². The van der Waals surface area contributed by atoms with Crippen molar-refractivity contribution in [3.05, 3.63) is 59.2 Å². The summed E-state index contributed by atoms with van der Waals surface area (Å²) in [6, 6.07) is 3.35. The van der Waals surface area contributed by atoms with Gasteiger partial charge in [-0.2, -0.15) is 0 Å². The molecule has 0 aromatic heterocycles. The number of hydrogen-bond acceptors (Lipinski definition) is 3. The van der Waals surface area contributed by atoms with Crippen LogP contribution < -0.4 is 0 Å². The highest BCUT2D eigenvalue weighted by Crippen LogP contribution is 2.27. The molecule has 0 bridgehead atoms. The molecule has 0 N–H and O–H groups in total. The molecule has 0 atom stereocenters. The zero-order chi connectivity index (χ0) is 13.3. The fraction of sp³-hybridized carbons (Fsp3) is 0.0667. The maximum absolute atomic E-state index is 12.1. The first-order valence-electron chi connectivity index (χ1n) is 5.51. The number of carbonyl (C=O) groups is 2. The fourth-order valence-corrected chi connectivity index (χ4v) is 2.17. The zero-order valence-corrected chi connectivity index (χ0v) is 10.8. The molecule has 90 valence electrons. The number of Topliss-reactive ketones (excluding diaryl/α,β-unsaturated/α-hetero) is 1. The highest BCUT2D eigenvalue weighted by molar-refractivity contribution is 7.80. The number of hydrogen-bond donors (Lipinski definition) is 1. The number of benzene rings is 1. The third kappa shape index (κ3) is 1.97. The molecule has 1 aliphatic carbocycles. The summed E-state index contributed by atoms with van der Waals surface area (Å²) in [6.07, 6.45) is 6.44. The maximum Gasteiger partial charge on any atom is 0.193 e. The SMILES string of the molecule is C=CC1=CC(=O)c2cc(S)c(/C=C/C)cc2C1=O. The van der Waals surface area contributed by atoms with E-state index in [0.717, 1.165) is 5.56 Å². The number of fused-ring (bicyclic) bond motifs is 1. The van der Waals surface area contributed by atoms with Crippen molar-refractivity contribution in [3.63, 3.8) is 0 Å². The third-order valence-corrected chi connectivity index (χ3v) is 3.18. The zero-order valence-electron chi connectivity index (χ0n) is 9.93. The molecular weight excluding hydrogens is 244 g/mol. The highest BCUT2D eigenvalue weighted by atomic mass is 32.1. The van der Waals surface area contributed by atoms with Crippen molar-refractivity contribution in [3.8, 4) is 0 Å². The second-order valence-corrected chi connectivity index (χ2v) is 4.44. The summed E-state index contributed by atoms with van der Waals surface area (Å²) in [4.78, 5) is 24.7. The van der Waals surface area contributed by atoms with Crippen molar-refractivity contribution in [2.45, 2.75) is 11.8 Å². The van der Waals surface area contributed by atoms with Crippen LogP contribution in [0.25, 0.3) is 6.08 Å². The minimum atomic E-state index is -0.179. The summed E-state index contributed by atoms with van der Waals surface area (Å²) in [5.41, 5.74) is 1.99. The summed E-state index contributed by atoms with van der Waals surface area (Å²) in [7, 11) is 0. The second kappa shape index (κ2) is 4.78. The van der Waals surface area contributed by atoms with E-state index in [-0.39, 0.29) is 11.6 Å². The molecule has 0 heterocycles. The summed E-state index contributed by atoms with van der Waals surface area (Å²) in [5.74, 6) is -0.347. The summed E-state index contributed by atoms with van der Waals surface area (Å²) in [6.45, 7) is 5.43. The smallest absolute Gasteiger partial charge is 0.193 e. The molecule has 0 spiro atoms. The fourth-order valence-electron chi connectivity index (χ4n) is 1.90. The Morgan fingerprint density at radius 3 is 2.56 bits per heavy atom. The number of carbonyl (C=O) groups excluding carboxylic acids is 2. The van der Waals surface area contributed by atoms with E-state index in [1.807, 2.05) is 19.1 Å². The first kappa shape index (κ1) is 12.6. The lowest BCUT2D eigenvalue weighted by molar-refractivity contribution is 0.0987. The Labute approximate surface area is 111 Å². The van der Waals surface area contributed by atoms with Crippen LogP contribution in [0.2, 0.25) is 0 Å². The molecule has 0 unspecified atom stereocenters. The van der Waals surface area contributed by atoms with Crippen LogP contribution >= 0.6 is 12.6 Å². The van der Waals surface area contributed by atoms with Crippen molar-refractivity contribution in [2.75, 3.05) is 0 Å². The second-order valence-electron chi connectivity index (χ2n) is 3.95. The molecule has 2 nitrogen and oxygen atoms in total. The minimum absolute atomic E-state index is 0.168. The van der Waals surface area contributed by atoms with Crippen molar-refractivity contribution in [2.24, 2.45) is 0 Å². The van der Waals surface area contributed by atoms with E-state index in [9.17, 15) is 9.59 Å². The standard InChI is InChI=1S/C15H12O2S/c1-3-5-10-6-12-11(8-14(10)18)13(16)7-9(4-2)15(12)17/h3-8,18H,2H2,1H3/b5-3+. The average Bonchev–Trinajstić information content (AvgIpc) is 2.35. The molecule has 0 saturated carbocycles. The molecule has 3 heteroatoms. The molecule has 1 aromatic rings. The van der Waals surface area contributed by atoms with E-state index in [0.29, 0.717) is 21.6 Å². The molecule has 18 heavy (non-hydrogen) atoms. The Morgan fingerprint density at radius 1 is 1.22 bits per heavy atom. The largest absolute Gasteiger partial charge is 0.289 e. The van der Waals surface area contributed by atoms with Gasteiger partial charge in [-0.3, -0.25) is 9.59 Å². The van der Waals surface area contributed by atoms with E-state index in [1.54, 1.807) is 12.1 Å². The van der Waals surface area contributed by atoms with Gasteiger partial charge in [-0.05, 0) is 30.7 Å². The van der Waals surface area contributed by atoms with Gasteiger partial charge in [0.15, 0.2) is 11.6 Å². The van der Waals surface area contributed by atoms with E-state index >= 15 is 0 Å². The normalized spacial score (nSPS) is 14.7. The van der Waals surface area contributed by atoms with Crippen molar-refractivity contribution in [1.82, 2.24) is 0 Å². The molecule has 0 saturated heterocycles. The lowest BCUT2D eigenvalue weighted by Crippen LogP contribution is -2.16. The maximum atomic E-state index is 12.1. The topological polar surface area (TPSA) is 34.1 Å². The first-order chi connectivity index (χ1) is 8.58. The predicted octanol–water partition coefficient (Wildman–Crippen LogP) is 3.50. The molecular formula is C15H12O2S. The van der Waals surface area contributed by atoms with Crippen LogP contribution in [-0.4, -0.2) is 11.6 Å². The lowest BCUT2D eigenvalue weighted by Gasteiger charge is -2.14. The van der Waals surface area contributed by atoms with Gasteiger partial charge in [0.2, 0.25) is 0 Å².